The molecule has 0 radical (unpaired) electrons. The number of nitriles is 1. The largest absolute Gasteiger partial charge is 0.380 e. The topological polar surface area (TPSA) is 54.3 Å². The molecule has 2 heterocycles. The fourth-order valence-corrected chi connectivity index (χ4v) is 3.49. The minimum Gasteiger partial charge on any atom is -0.380 e. The molecule has 4 nitrogen and oxygen atoms in total. The van der Waals surface area contributed by atoms with Crippen molar-refractivity contribution in [3.05, 3.63) is 51.7 Å². The van der Waals surface area contributed by atoms with Crippen LogP contribution >= 0.6 is 11.3 Å². The fourth-order valence-electron chi connectivity index (χ4n) is 2.74. The molecule has 1 saturated heterocycles. The number of thiophene rings is 1. The van der Waals surface area contributed by atoms with Crippen molar-refractivity contribution in [1.82, 2.24) is 0 Å². The predicted molar refractivity (Wildman–Crippen MR) is 96.0 cm³/mol. The summed E-state index contributed by atoms with van der Waals surface area (Å²) in [7, 11) is 0. The molecule has 2 aromatic rings. The van der Waals surface area contributed by atoms with Crippen molar-refractivity contribution >= 4 is 17.0 Å². The van der Waals surface area contributed by atoms with Crippen molar-refractivity contribution < 1.29 is 9.47 Å². The molecule has 1 aliphatic heterocycles. The van der Waals surface area contributed by atoms with E-state index in [1.807, 2.05) is 23.6 Å². The lowest BCUT2D eigenvalue weighted by Gasteiger charge is -2.22. The minimum absolute atomic E-state index is 0.258. The Labute approximate surface area is 147 Å². The smallest absolute Gasteiger partial charge is 0.100 e. The highest BCUT2D eigenvalue weighted by Crippen LogP contribution is 2.18. The molecule has 126 valence electrons. The second-order valence-corrected chi connectivity index (χ2v) is 6.97. The van der Waals surface area contributed by atoms with Crippen LogP contribution in [0.2, 0.25) is 0 Å². The van der Waals surface area contributed by atoms with E-state index in [0.717, 1.165) is 41.3 Å². The van der Waals surface area contributed by atoms with E-state index < -0.39 is 0 Å². The zero-order valence-electron chi connectivity index (χ0n) is 13.7. The maximum atomic E-state index is 8.86. The summed E-state index contributed by atoms with van der Waals surface area (Å²) in [5.74, 6) is 0. The Morgan fingerprint density at radius 3 is 3.08 bits per heavy atom. The monoisotopic (exact) mass is 342 g/mol. The number of nitrogens with one attached hydrogen (secondary N) is 1. The molecule has 0 aliphatic carbocycles. The summed E-state index contributed by atoms with van der Waals surface area (Å²) < 4.78 is 11.5. The van der Waals surface area contributed by atoms with E-state index in [1.165, 1.54) is 12.8 Å². The number of ether oxygens (including phenoxy) is 2. The number of rotatable bonds is 7. The molecule has 0 saturated carbocycles. The number of nitrogens with zero attached hydrogens (tertiary/aromatic N) is 1. The van der Waals surface area contributed by atoms with Crippen LogP contribution < -0.4 is 5.32 Å². The highest BCUT2D eigenvalue weighted by atomic mass is 32.1. The summed E-state index contributed by atoms with van der Waals surface area (Å²) in [6.07, 6.45) is 3.77. The van der Waals surface area contributed by atoms with Crippen molar-refractivity contribution in [1.29, 1.82) is 5.26 Å². The van der Waals surface area contributed by atoms with Gasteiger partial charge in [0.05, 0.1) is 24.9 Å². The van der Waals surface area contributed by atoms with E-state index in [2.05, 4.69) is 23.5 Å². The number of anilines is 1. The summed E-state index contributed by atoms with van der Waals surface area (Å²) in [6, 6.07) is 12.4. The summed E-state index contributed by atoms with van der Waals surface area (Å²) >= 11 is 1.60. The molecule has 0 unspecified atom stereocenters. The molecule has 1 aliphatic rings. The normalized spacial score (nSPS) is 17.4. The quantitative estimate of drug-likeness (QED) is 0.814. The summed E-state index contributed by atoms with van der Waals surface area (Å²) in [5, 5.41) is 14.1. The first-order valence-electron chi connectivity index (χ1n) is 8.33. The van der Waals surface area contributed by atoms with E-state index in [-0.39, 0.29) is 6.10 Å². The third-order valence-electron chi connectivity index (χ3n) is 4.02. The van der Waals surface area contributed by atoms with Gasteiger partial charge in [0, 0.05) is 29.1 Å². The van der Waals surface area contributed by atoms with Gasteiger partial charge in [-0.15, -0.1) is 11.3 Å². The highest BCUT2D eigenvalue weighted by Gasteiger charge is 2.13. The van der Waals surface area contributed by atoms with E-state index >= 15 is 0 Å². The maximum absolute atomic E-state index is 8.86. The molecule has 24 heavy (non-hydrogen) atoms. The fraction of sp³-hybridized carbons (Fsp3) is 0.421. The van der Waals surface area contributed by atoms with E-state index in [0.29, 0.717) is 13.2 Å². The molecular formula is C19H22N2O2S. The van der Waals surface area contributed by atoms with Gasteiger partial charge in [0.1, 0.15) is 6.07 Å². The lowest BCUT2D eigenvalue weighted by Crippen LogP contribution is -2.24. The van der Waals surface area contributed by atoms with Gasteiger partial charge in [-0.25, -0.2) is 0 Å². The molecule has 0 bridgehead atoms. The number of hydrogen-bond donors (Lipinski definition) is 1. The van der Waals surface area contributed by atoms with E-state index in [4.69, 9.17) is 14.7 Å². The second kappa shape index (κ2) is 8.84. The molecule has 3 rings (SSSR count). The Morgan fingerprint density at radius 1 is 1.33 bits per heavy atom. The minimum atomic E-state index is 0.258. The Kier molecular flexibility index (Phi) is 6.25. The van der Waals surface area contributed by atoms with Gasteiger partial charge in [0.2, 0.25) is 0 Å². The Bertz CT molecular complexity index is 687. The maximum Gasteiger partial charge on any atom is 0.100 e. The third-order valence-corrected chi connectivity index (χ3v) is 4.96. The first kappa shape index (κ1) is 17.0. The van der Waals surface area contributed by atoms with Crippen molar-refractivity contribution in [2.24, 2.45) is 0 Å². The Morgan fingerprint density at radius 2 is 2.29 bits per heavy atom. The van der Waals surface area contributed by atoms with Crippen LogP contribution in [0.5, 0.6) is 0 Å². The van der Waals surface area contributed by atoms with Crippen LogP contribution in [-0.2, 0) is 22.6 Å². The van der Waals surface area contributed by atoms with Crippen LogP contribution in [0.25, 0.3) is 0 Å². The third kappa shape index (κ3) is 5.07. The van der Waals surface area contributed by atoms with E-state index in [1.54, 1.807) is 11.3 Å². The average molecular weight is 342 g/mol. The lowest BCUT2D eigenvalue weighted by molar-refractivity contribution is -0.0447. The van der Waals surface area contributed by atoms with Gasteiger partial charge in [0.25, 0.3) is 0 Å². The summed E-state index contributed by atoms with van der Waals surface area (Å²) in [4.78, 5) is 1.16. The van der Waals surface area contributed by atoms with Crippen LogP contribution in [0.3, 0.4) is 0 Å². The summed E-state index contributed by atoms with van der Waals surface area (Å²) in [6.45, 7) is 2.87. The first-order valence-corrected chi connectivity index (χ1v) is 9.21. The molecule has 5 heteroatoms. The van der Waals surface area contributed by atoms with Crippen LogP contribution in [0.4, 0.5) is 5.69 Å². The molecule has 1 atom stereocenters. The van der Waals surface area contributed by atoms with Crippen LogP contribution in [0.15, 0.2) is 35.7 Å². The molecule has 0 amide bonds. The zero-order valence-corrected chi connectivity index (χ0v) is 14.5. The first-order chi connectivity index (χ1) is 11.8. The van der Waals surface area contributed by atoms with Crippen LogP contribution in [-0.4, -0.2) is 19.3 Å². The SMILES string of the molecule is N#Cc1csc(CNc2cccc(COC[C@@H]3CCCCO3)c2)c1. The van der Waals surface area contributed by atoms with Gasteiger partial charge in [-0.2, -0.15) is 5.26 Å². The van der Waals surface area contributed by atoms with Crippen molar-refractivity contribution in [3.8, 4) is 6.07 Å². The Balaban J connectivity index is 1.45. The van der Waals surface area contributed by atoms with Gasteiger partial charge < -0.3 is 14.8 Å². The zero-order chi connectivity index (χ0) is 16.6. The van der Waals surface area contributed by atoms with Crippen LogP contribution in [0, 0.1) is 11.3 Å². The van der Waals surface area contributed by atoms with Crippen molar-refractivity contribution in [3.63, 3.8) is 0 Å². The molecule has 1 aromatic heterocycles. The van der Waals surface area contributed by atoms with Crippen molar-refractivity contribution in [2.45, 2.75) is 38.5 Å². The number of benzene rings is 1. The van der Waals surface area contributed by atoms with Gasteiger partial charge in [-0.05, 0) is 43.0 Å². The standard InChI is InChI=1S/C19H22N2O2S/c20-10-16-9-19(24-14-16)11-21-17-5-3-4-15(8-17)12-22-13-18-6-1-2-7-23-18/h3-5,8-9,14,18,21H,1-2,6-7,11-13H2/t18-/m0/s1. The van der Waals surface area contributed by atoms with Gasteiger partial charge in [-0.3, -0.25) is 0 Å². The van der Waals surface area contributed by atoms with Crippen molar-refractivity contribution in [2.75, 3.05) is 18.5 Å². The molecular weight excluding hydrogens is 320 g/mol. The summed E-state index contributed by atoms with van der Waals surface area (Å²) in [5.41, 5.74) is 2.94. The van der Waals surface area contributed by atoms with Gasteiger partial charge in [-0.1, -0.05) is 12.1 Å². The van der Waals surface area contributed by atoms with Gasteiger partial charge >= 0.3 is 0 Å². The Hall–Kier alpha value is -1.87. The highest BCUT2D eigenvalue weighted by molar-refractivity contribution is 7.10. The second-order valence-electron chi connectivity index (χ2n) is 5.97. The van der Waals surface area contributed by atoms with Gasteiger partial charge in [0.15, 0.2) is 0 Å². The molecule has 1 aromatic carbocycles. The van der Waals surface area contributed by atoms with Crippen LogP contribution in [0.1, 0.15) is 35.3 Å². The predicted octanol–water partition coefficient (Wildman–Crippen LogP) is 4.32. The van der Waals surface area contributed by atoms with E-state index in [9.17, 15) is 0 Å². The molecule has 1 fully saturated rings. The molecule has 1 N–H and O–H groups in total. The lowest BCUT2D eigenvalue weighted by atomic mass is 10.1. The number of hydrogen-bond acceptors (Lipinski definition) is 5. The molecule has 0 spiro atoms. The average Bonchev–Trinajstić information content (AvgIpc) is 3.09.